The van der Waals surface area contributed by atoms with Crippen molar-refractivity contribution in [3.8, 4) is 11.5 Å². The minimum absolute atomic E-state index is 0.0550. The second kappa shape index (κ2) is 6.75. The van der Waals surface area contributed by atoms with Crippen molar-refractivity contribution in [1.29, 1.82) is 0 Å². The number of hydrogen-bond acceptors (Lipinski definition) is 3. The zero-order chi connectivity index (χ0) is 15.2. The fourth-order valence-electron chi connectivity index (χ4n) is 1.98. The van der Waals surface area contributed by atoms with Crippen LogP contribution in [0.15, 0.2) is 48.5 Å². The Balaban J connectivity index is 2.12. The number of methoxy groups -OCH3 is 1. The summed E-state index contributed by atoms with van der Waals surface area (Å²) in [5, 5.41) is 9.69. The number of benzene rings is 2. The molecule has 0 aliphatic carbocycles. The lowest BCUT2D eigenvalue weighted by molar-refractivity contribution is 0.104. The molecule has 0 bridgehead atoms. The zero-order valence-corrected chi connectivity index (χ0v) is 12.2. The molecule has 0 amide bonds. The van der Waals surface area contributed by atoms with Crippen LogP contribution in [0.3, 0.4) is 0 Å². The Morgan fingerprint density at radius 3 is 2.48 bits per heavy atom. The predicted molar refractivity (Wildman–Crippen MR) is 83.8 cm³/mol. The summed E-state index contributed by atoms with van der Waals surface area (Å²) in [6.07, 6.45) is 4.13. The first kappa shape index (κ1) is 14.9. The van der Waals surface area contributed by atoms with E-state index in [4.69, 9.17) is 4.74 Å². The number of aromatic hydroxyl groups is 1. The lowest BCUT2D eigenvalue weighted by Gasteiger charge is -2.03. The first-order chi connectivity index (χ1) is 10.1. The lowest BCUT2D eigenvalue weighted by Crippen LogP contribution is -1.94. The molecule has 2 aromatic carbocycles. The molecular weight excluding hydrogens is 264 g/mol. The molecule has 0 saturated carbocycles. The van der Waals surface area contributed by atoms with Gasteiger partial charge in [-0.1, -0.05) is 43.3 Å². The van der Waals surface area contributed by atoms with E-state index in [2.05, 4.69) is 6.92 Å². The number of aryl methyl sites for hydroxylation is 1. The quantitative estimate of drug-likeness (QED) is 0.669. The van der Waals surface area contributed by atoms with Gasteiger partial charge in [-0.15, -0.1) is 0 Å². The molecule has 0 radical (unpaired) electrons. The van der Waals surface area contributed by atoms with Gasteiger partial charge >= 0.3 is 0 Å². The number of ether oxygens (including phenoxy) is 1. The fourth-order valence-corrected chi connectivity index (χ4v) is 1.98. The van der Waals surface area contributed by atoms with E-state index in [0.717, 1.165) is 12.0 Å². The molecule has 0 aliphatic heterocycles. The van der Waals surface area contributed by atoms with Gasteiger partial charge in [0.15, 0.2) is 17.3 Å². The van der Waals surface area contributed by atoms with Gasteiger partial charge in [0.25, 0.3) is 0 Å². The van der Waals surface area contributed by atoms with Gasteiger partial charge in [0.2, 0.25) is 0 Å². The summed E-state index contributed by atoms with van der Waals surface area (Å²) in [6, 6.07) is 12.6. The Morgan fingerprint density at radius 2 is 1.90 bits per heavy atom. The van der Waals surface area contributed by atoms with Crippen molar-refractivity contribution in [2.24, 2.45) is 0 Å². The van der Waals surface area contributed by atoms with Crippen LogP contribution in [0.5, 0.6) is 11.5 Å². The van der Waals surface area contributed by atoms with Crippen LogP contribution >= 0.6 is 0 Å². The van der Waals surface area contributed by atoms with Crippen LogP contribution in [-0.2, 0) is 6.42 Å². The van der Waals surface area contributed by atoms with E-state index in [1.165, 1.54) is 18.7 Å². The molecule has 2 aromatic rings. The first-order valence-electron chi connectivity index (χ1n) is 6.82. The predicted octanol–water partition coefficient (Wildman–Crippen LogP) is 3.86. The number of phenols is 1. The van der Waals surface area contributed by atoms with E-state index in [-0.39, 0.29) is 11.5 Å². The van der Waals surface area contributed by atoms with Gasteiger partial charge in [0.05, 0.1) is 7.11 Å². The number of hydrogen-bond donors (Lipinski definition) is 1. The van der Waals surface area contributed by atoms with Crippen molar-refractivity contribution in [3.63, 3.8) is 0 Å². The zero-order valence-electron chi connectivity index (χ0n) is 12.2. The molecule has 3 heteroatoms. The maximum atomic E-state index is 12.1. The molecular formula is C18H18O3. The first-order valence-corrected chi connectivity index (χ1v) is 6.82. The number of phenolic OH excluding ortho intramolecular Hbond substituents is 1. The molecule has 0 aliphatic rings. The maximum absolute atomic E-state index is 12.1. The van der Waals surface area contributed by atoms with Gasteiger partial charge in [-0.2, -0.15) is 0 Å². The summed E-state index contributed by atoms with van der Waals surface area (Å²) in [5.74, 6) is 0.404. The second-order valence-electron chi connectivity index (χ2n) is 4.68. The third-order valence-electron chi connectivity index (χ3n) is 3.28. The summed E-state index contributed by atoms with van der Waals surface area (Å²) in [5.41, 5.74) is 2.60. The SMILES string of the molecule is CCc1ccc(C(=O)/C=C/c2ccc(OC)c(O)c2)cc1. The Hall–Kier alpha value is -2.55. The molecule has 0 fully saturated rings. The van der Waals surface area contributed by atoms with Crippen molar-refractivity contribution in [2.75, 3.05) is 7.11 Å². The van der Waals surface area contributed by atoms with E-state index in [1.807, 2.05) is 24.3 Å². The average Bonchev–Trinajstić information content (AvgIpc) is 2.52. The van der Waals surface area contributed by atoms with Crippen LogP contribution in [0.1, 0.15) is 28.4 Å². The van der Waals surface area contributed by atoms with E-state index >= 15 is 0 Å². The van der Waals surface area contributed by atoms with Gasteiger partial charge in [-0.05, 0) is 35.8 Å². The van der Waals surface area contributed by atoms with E-state index < -0.39 is 0 Å². The van der Waals surface area contributed by atoms with Gasteiger partial charge in [0, 0.05) is 5.56 Å². The number of rotatable bonds is 5. The molecule has 108 valence electrons. The van der Waals surface area contributed by atoms with Crippen molar-refractivity contribution in [2.45, 2.75) is 13.3 Å². The van der Waals surface area contributed by atoms with Crippen LogP contribution in [0.4, 0.5) is 0 Å². The Morgan fingerprint density at radius 1 is 1.19 bits per heavy atom. The third-order valence-corrected chi connectivity index (χ3v) is 3.28. The highest BCUT2D eigenvalue weighted by Gasteiger charge is 2.03. The van der Waals surface area contributed by atoms with Crippen LogP contribution in [-0.4, -0.2) is 18.0 Å². The van der Waals surface area contributed by atoms with Crippen molar-refractivity contribution >= 4 is 11.9 Å². The second-order valence-corrected chi connectivity index (χ2v) is 4.68. The van der Waals surface area contributed by atoms with E-state index in [0.29, 0.717) is 11.3 Å². The highest BCUT2D eigenvalue weighted by atomic mass is 16.5. The van der Waals surface area contributed by atoms with Gasteiger partial charge < -0.3 is 9.84 Å². The minimum atomic E-state index is -0.0621. The Labute approximate surface area is 124 Å². The van der Waals surface area contributed by atoms with Crippen molar-refractivity contribution in [1.82, 2.24) is 0 Å². The lowest BCUT2D eigenvalue weighted by atomic mass is 10.1. The molecule has 0 atom stereocenters. The van der Waals surface area contributed by atoms with E-state index in [1.54, 1.807) is 24.3 Å². The number of carbonyl (C=O) groups excluding carboxylic acids is 1. The highest BCUT2D eigenvalue weighted by Crippen LogP contribution is 2.26. The standard InChI is InChI=1S/C18H18O3/c1-3-13-4-8-15(9-5-13)16(19)10-6-14-7-11-18(21-2)17(20)12-14/h4-12,20H,3H2,1-2H3/b10-6+. The molecule has 0 spiro atoms. The van der Waals surface area contributed by atoms with Crippen LogP contribution < -0.4 is 4.74 Å². The molecule has 2 rings (SSSR count). The largest absolute Gasteiger partial charge is 0.504 e. The number of ketones is 1. The molecule has 0 unspecified atom stereocenters. The molecule has 21 heavy (non-hydrogen) atoms. The molecule has 0 saturated heterocycles. The van der Waals surface area contributed by atoms with E-state index in [9.17, 15) is 9.90 Å². The normalized spacial score (nSPS) is 10.8. The molecule has 0 heterocycles. The molecule has 0 aromatic heterocycles. The summed E-state index contributed by atoms with van der Waals surface area (Å²) in [7, 11) is 1.49. The van der Waals surface area contributed by atoms with Crippen molar-refractivity contribution in [3.05, 3.63) is 65.2 Å². The molecule has 3 nitrogen and oxygen atoms in total. The third kappa shape index (κ3) is 3.72. The summed E-state index contributed by atoms with van der Waals surface area (Å²) >= 11 is 0. The van der Waals surface area contributed by atoms with Crippen LogP contribution in [0, 0.1) is 0 Å². The number of carbonyl (C=O) groups is 1. The summed E-state index contributed by atoms with van der Waals surface area (Å²) in [6.45, 7) is 2.08. The fraction of sp³-hybridized carbons (Fsp3) is 0.167. The Bertz CT molecular complexity index is 655. The van der Waals surface area contributed by atoms with Gasteiger partial charge in [-0.25, -0.2) is 0 Å². The van der Waals surface area contributed by atoms with Gasteiger partial charge in [0.1, 0.15) is 0 Å². The highest BCUT2D eigenvalue weighted by molar-refractivity contribution is 6.06. The summed E-state index contributed by atoms with van der Waals surface area (Å²) < 4.78 is 4.98. The van der Waals surface area contributed by atoms with Gasteiger partial charge in [-0.3, -0.25) is 4.79 Å². The maximum Gasteiger partial charge on any atom is 0.185 e. The summed E-state index contributed by atoms with van der Waals surface area (Å²) in [4.78, 5) is 12.1. The molecule has 1 N–H and O–H groups in total. The minimum Gasteiger partial charge on any atom is -0.504 e. The number of allylic oxidation sites excluding steroid dienone is 1. The van der Waals surface area contributed by atoms with Crippen LogP contribution in [0.25, 0.3) is 6.08 Å². The Kier molecular flexibility index (Phi) is 4.77. The monoisotopic (exact) mass is 282 g/mol. The smallest absolute Gasteiger partial charge is 0.185 e. The average molecular weight is 282 g/mol. The van der Waals surface area contributed by atoms with Crippen molar-refractivity contribution < 1.29 is 14.6 Å². The topological polar surface area (TPSA) is 46.5 Å². The van der Waals surface area contributed by atoms with Crippen LogP contribution in [0.2, 0.25) is 0 Å².